The second kappa shape index (κ2) is 78.5. The van der Waals surface area contributed by atoms with Crippen LogP contribution in [-0.2, 0) is 81.0 Å². The molecular formula is C121H215N9O10. The van der Waals surface area contributed by atoms with Gasteiger partial charge in [-0.2, -0.15) is 0 Å². The lowest BCUT2D eigenvalue weighted by molar-refractivity contribution is -0.143. The van der Waals surface area contributed by atoms with Crippen LogP contribution in [0.5, 0.6) is 5.75 Å². The van der Waals surface area contributed by atoms with Crippen LogP contribution in [0.1, 0.15) is 390 Å². The van der Waals surface area contributed by atoms with Crippen molar-refractivity contribution >= 4 is 46.7 Å². The van der Waals surface area contributed by atoms with Crippen molar-refractivity contribution in [2.24, 2.45) is 55.8 Å². The number of carbonyl (C=O) groups excluding carboxylic acids is 7. The number of carbonyl (C=O) groups is 7. The maximum Gasteiger partial charge on any atom is 0.251 e. The van der Waals surface area contributed by atoms with Gasteiger partial charge in [-0.25, -0.2) is 4.98 Å². The van der Waals surface area contributed by atoms with E-state index >= 15 is 0 Å². The third-order valence-corrected chi connectivity index (χ3v) is 16.7. The molecule has 140 heavy (non-hydrogen) atoms. The van der Waals surface area contributed by atoms with Gasteiger partial charge in [0.2, 0.25) is 23.3 Å². The van der Waals surface area contributed by atoms with Gasteiger partial charge in [0, 0.05) is 137 Å². The van der Waals surface area contributed by atoms with Crippen molar-refractivity contribution in [2.75, 3.05) is 51.3 Å². The van der Waals surface area contributed by atoms with E-state index in [4.69, 9.17) is 4.74 Å². The van der Waals surface area contributed by atoms with Crippen LogP contribution < -0.4 is 25.8 Å². The zero-order valence-corrected chi connectivity index (χ0v) is 91.1. The second-order valence-electron chi connectivity index (χ2n) is 44.7. The molecule has 1 saturated heterocycles. The number of likely N-dealkylation sites (tertiary alicyclic amines) is 1. The highest BCUT2D eigenvalue weighted by atomic mass is 16.5. The molecule has 19 heteroatoms. The van der Waals surface area contributed by atoms with Crippen LogP contribution in [-0.4, -0.2) is 117 Å². The van der Waals surface area contributed by atoms with Crippen molar-refractivity contribution in [1.82, 2.24) is 40.1 Å². The van der Waals surface area contributed by atoms with Crippen LogP contribution in [0.2, 0.25) is 0 Å². The number of fused-ring (bicyclic) bond motifs is 5. The molecule has 0 saturated carbocycles. The molecule has 7 heterocycles. The summed E-state index contributed by atoms with van der Waals surface area (Å²) in [6.45, 7) is 85.9. The first-order valence-electron chi connectivity index (χ1n) is 48.1. The monoisotopic (exact) mass is 1950 g/mol. The topological polar surface area (TPSA) is 239 Å². The molecule has 19 nitrogen and oxygen atoms in total. The maximum atomic E-state index is 12.2. The summed E-state index contributed by atoms with van der Waals surface area (Å²) in [5.74, 6) is 2.80. The first-order chi connectivity index (χ1) is 61.2. The molecule has 3 N–H and O–H groups in total. The molecule has 0 radical (unpaired) electrons. The minimum atomic E-state index is -0.272. The average Bonchev–Trinajstić information content (AvgIpc) is 0.843. The van der Waals surface area contributed by atoms with Crippen molar-refractivity contribution in [3.63, 3.8) is 0 Å². The molecule has 4 aliphatic heterocycles. The number of ether oxygens (including phenoxy) is 1. The van der Waals surface area contributed by atoms with Gasteiger partial charge < -0.3 is 44.1 Å². The number of benzene rings is 5. The van der Waals surface area contributed by atoms with E-state index in [1.54, 1.807) is 50.3 Å². The van der Waals surface area contributed by atoms with E-state index in [1.165, 1.54) is 62.4 Å². The lowest BCUT2D eigenvalue weighted by Gasteiger charge is -2.35. The van der Waals surface area contributed by atoms with E-state index in [1.807, 2.05) is 231 Å². The number of hydrogen-bond donors (Lipinski definition) is 3. The van der Waals surface area contributed by atoms with Gasteiger partial charge in [-0.05, 0) is 129 Å². The fourth-order valence-corrected chi connectivity index (χ4v) is 10.5. The number of aryl methyl sites for hydroxylation is 2. The molecule has 804 valence electrons. The number of likely N-dealkylation sites (N-methyl/N-ethyl adjacent to an activating group) is 1. The number of rotatable bonds is 3. The third kappa shape index (κ3) is 85.9. The first-order valence-corrected chi connectivity index (χ1v) is 48.1. The van der Waals surface area contributed by atoms with Crippen molar-refractivity contribution in [1.29, 1.82) is 0 Å². The summed E-state index contributed by atoms with van der Waals surface area (Å²) in [5, 5.41) is 8.84. The zero-order chi connectivity index (χ0) is 103. The van der Waals surface area contributed by atoms with E-state index in [0.29, 0.717) is 76.1 Å². The number of Topliss-reactive ketones (excluding diaryl/α,β-unsaturated/α-hetero) is 3. The maximum absolute atomic E-state index is 12.2. The number of amides is 4. The van der Waals surface area contributed by atoms with Crippen LogP contribution in [0, 0.1) is 48.7 Å². The summed E-state index contributed by atoms with van der Waals surface area (Å²) in [4.78, 5) is 102. The molecule has 0 unspecified atom stereocenters. The highest BCUT2D eigenvalue weighted by Gasteiger charge is 2.31. The fraction of sp³-hybridized carbons (Fsp3) is 0.603. The highest BCUT2D eigenvalue weighted by Crippen LogP contribution is 2.30. The Morgan fingerprint density at radius 3 is 1.14 bits per heavy atom. The average molecular weight is 1960 g/mol. The van der Waals surface area contributed by atoms with Gasteiger partial charge in [0.15, 0.2) is 0 Å². The Labute approximate surface area is 861 Å². The minimum Gasteiger partial charge on any atom is -0.490 e. The number of nitrogens with one attached hydrogen (secondary N) is 3. The van der Waals surface area contributed by atoms with Gasteiger partial charge in [0.1, 0.15) is 36.0 Å². The Balaban J connectivity index is -0.000000142. The van der Waals surface area contributed by atoms with Crippen LogP contribution in [0.3, 0.4) is 0 Å². The number of nitrogens with zero attached hydrogens (tertiary/aromatic N) is 6. The Bertz CT molecular complexity index is 4280. The number of hydrogen-bond acceptors (Lipinski definition) is 13. The molecule has 1 fully saturated rings. The number of anilines is 1. The summed E-state index contributed by atoms with van der Waals surface area (Å²) >= 11 is 0. The van der Waals surface area contributed by atoms with Crippen LogP contribution >= 0.6 is 0 Å². The lowest BCUT2D eigenvalue weighted by Crippen LogP contribution is -2.47. The second-order valence-corrected chi connectivity index (χ2v) is 44.7. The predicted molar refractivity (Wildman–Crippen MR) is 611 cm³/mol. The van der Waals surface area contributed by atoms with Crippen LogP contribution in [0.25, 0.3) is 0 Å². The quantitative estimate of drug-likeness (QED) is 0.149. The number of aromatic amines is 1. The van der Waals surface area contributed by atoms with E-state index in [2.05, 4.69) is 211 Å². The summed E-state index contributed by atoms with van der Waals surface area (Å²) in [7, 11) is 3.81. The Morgan fingerprint density at radius 1 is 0.421 bits per heavy atom. The summed E-state index contributed by atoms with van der Waals surface area (Å²) in [5.41, 5.74) is 12.5. The molecule has 2 aliphatic carbocycles. The molecule has 0 spiro atoms. The predicted octanol–water partition coefficient (Wildman–Crippen LogP) is 31.2. The summed E-state index contributed by atoms with van der Waals surface area (Å²) in [6, 6.07) is 47.2. The smallest absolute Gasteiger partial charge is 0.251 e. The normalized spacial score (nSPS) is 12.5. The number of H-pyrrole nitrogens is 1. The van der Waals surface area contributed by atoms with Crippen LogP contribution in [0.15, 0.2) is 192 Å². The van der Waals surface area contributed by atoms with E-state index in [0.717, 1.165) is 94.9 Å². The number of pyridine rings is 1. The van der Waals surface area contributed by atoms with Crippen molar-refractivity contribution in [2.45, 2.75) is 386 Å². The number of para-hydroxylation sites is 2. The SMILES string of the molecule is C.C.C.C.C.C.C.CC.CC.CC(C)(C)C.CC(C)(C)C.CC(C)(C)C.CC(C)(C)C.CC(C)(C)C.CC(C)(C)C(=O)N1CCC1.CC(C)(C)C(=O)N1CCc2ccccc2C1.CCCC(=O)C(C)(C)C.CCNC(=O)C(C)(C)C.CN1CCOc2ccccc21.Cn1ccccc1=O.O=C1CCc2ccccc2C1.O=C1Cc2ccccc2C1.O=C1NCc2ccccc21.c1c[nH]cn1.c1cnoc1. The minimum absolute atomic E-state index is 0. The lowest BCUT2D eigenvalue weighted by atomic mass is 9.88. The van der Waals surface area contributed by atoms with Crippen molar-refractivity contribution < 1.29 is 42.8 Å². The third-order valence-electron chi connectivity index (χ3n) is 16.7. The molecule has 6 aliphatic rings. The number of aromatic nitrogens is 4. The van der Waals surface area contributed by atoms with Crippen molar-refractivity contribution in [3.8, 4) is 5.75 Å². The fourth-order valence-electron chi connectivity index (χ4n) is 10.5. The van der Waals surface area contributed by atoms with E-state index < -0.39 is 0 Å². The molecule has 4 amide bonds. The molecule has 3 aromatic heterocycles. The van der Waals surface area contributed by atoms with E-state index in [9.17, 15) is 38.4 Å². The molecule has 8 aromatic rings. The molecule has 5 aromatic carbocycles. The van der Waals surface area contributed by atoms with Gasteiger partial charge in [0.25, 0.3) is 5.91 Å². The van der Waals surface area contributed by atoms with Gasteiger partial charge in [-0.1, -0.05) is 423 Å². The summed E-state index contributed by atoms with van der Waals surface area (Å²) in [6.07, 6.45) is 17.4. The van der Waals surface area contributed by atoms with Gasteiger partial charge in [0.05, 0.1) is 24.8 Å². The van der Waals surface area contributed by atoms with Gasteiger partial charge >= 0.3 is 0 Å². The molecular weight excluding hydrogens is 1740 g/mol. The molecule has 14 rings (SSSR count). The Hall–Kier alpha value is -10.0. The van der Waals surface area contributed by atoms with Crippen LogP contribution in [0.4, 0.5) is 5.69 Å². The number of ketones is 3. The molecule has 0 atom stereocenters. The first kappa shape index (κ1) is 153. The largest absolute Gasteiger partial charge is 0.490 e. The number of imidazole rings is 1. The van der Waals surface area contributed by atoms with Gasteiger partial charge in [-0.3, -0.25) is 38.4 Å². The zero-order valence-electron chi connectivity index (χ0n) is 91.1. The highest BCUT2D eigenvalue weighted by molar-refractivity contribution is 5.98. The van der Waals surface area contributed by atoms with E-state index in [-0.39, 0.29) is 96.9 Å². The summed E-state index contributed by atoms with van der Waals surface area (Å²) < 4.78 is 11.3. The Kier molecular flexibility index (Phi) is 85.7. The van der Waals surface area contributed by atoms with Gasteiger partial charge in [-0.15, -0.1) is 0 Å². The van der Waals surface area contributed by atoms with Crippen molar-refractivity contribution in [3.05, 3.63) is 238 Å². The standard InChI is InChI=1S/C14H19NO.C10H10O.C9H11NO.C9H8O.C8H7NO.C8H15NO.C8H16O.C7H15NO.C6H7NO.5C5H12.C3H4N2.C3H3NO.2C2H6.7CH4/c1-14(2,3)13(16)15-9-8-11-6-4-5-7-12(11)10-15;11-10-6-5-8-3-1-2-4-9(8)7-10;1-10-6-7-11-9-5-3-2-4-8(9)10;10-9-5-7-3-1-2-4-8(7)6-9;10-8-7-4-2-1-3-6(7)5-9-8;1-8(2,3)7(10)9-5-4-6-9;1-5-6-7(9)8(2,3)4;1-5-8-6(9)7(2,3)4;1-7-5-3-2-4-6(7)8;5*1-5(2,3)4;1-2-5-3-4-1;1-2-4-5-3-1;2*1-2;;;;;;;/h4-7H,8-10H2,1-3H3;1-4H,5-7H2;2-5H,6-7H2,1H3;1-4H,5-6H2;1-4H,5H2,(H,9,10);4-6H2,1-3H3;5-6H2,1-4H3;5H2,1-4H3,(H,8,9);2-5H,1H3;5*1-4H3;1-3H,(H,4,5);1-3H;2*1-2H3;7*1H4. The molecule has 0 bridgehead atoms. The Morgan fingerprint density at radius 2 is 0.821 bits per heavy atom.